The molecule has 3 amide bonds. The Bertz CT molecular complexity index is 1600. The molecule has 0 radical (unpaired) electrons. The SMILES string of the molecule is CCN1CC(C)(C)Oc2nc(N3CCOCC3C)nc(-c3ccc(NC(=O)Nc4ccc(N5CCOCC5)cc4)c(F)c3)c2C1=O. The minimum absolute atomic E-state index is 0.0151. The first kappa shape index (κ1) is 31.5. The second-order valence-electron chi connectivity index (χ2n) is 12.3. The number of likely N-dealkylation sites (N-methyl/N-ethyl adjacent to an activating group) is 1. The van der Waals surface area contributed by atoms with Gasteiger partial charge in [-0.15, -0.1) is 0 Å². The molecule has 2 aromatic carbocycles. The van der Waals surface area contributed by atoms with Gasteiger partial charge in [-0.2, -0.15) is 4.98 Å². The van der Waals surface area contributed by atoms with Gasteiger partial charge in [0.05, 0.1) is 50.4 Å². The number of fused-ring (bicyclic) bond motifs is 1. The van der Waals surface area contributed by atoms with Crippen LogP contribution >= 0.6 is 0 Å². The Kier molecular flexibility index (Phi) is 8.96. The van der Waals surface area contributed by atoms with Crippen LogP contribution in [-0.2, 0) is 9.47 Å². The Balaban J connectivity index is 1.27. The summed E-state index contributed by atoms with van der Waals surface area (Å²) >= 11 is 0. The molecule has 3 aliphatic heterocycles. The third-order valence-electron chi connectivity index (χ3n) is 8.31. The van der Waals surface area contributed by atoms with E-state index in [1.54, 1.807) is 23.1 Å². The summed E-state index contributed by atoms with van der Waals surface area (Å²) < 4.78 is 33.0. The Hall–Kier alpha value is -4.49. The molecule has 6 rings (SSSR count). The molecule has 0 aliphatic carbocycles. The maximum absolute atomic E-state index is 15.6. The van der Waals surface area contributed by atoms with Gasteiger partial charge in [0.1, 0.15) is 17.0 Å². The lowest BCUT2D eigenvalue weighted by Gasteiger charge is -2.34. The molecule has 46 heavy (non-hydrogen) atoms. The molecule has 1 aromatic heterocycles. The van der Waals surface area contributed by atoms with Crippen LogP contribution in [0.4, 0.5) is 32.2 Å². The quantitative estimate of drug-likeness (QED) is 0.401. The number of rotatable bonds is 6. The minimum Gasteiger partial charge on any atom is -0.469 e. The molecule has 4 heterocycles. The number of carbonyl (C=O) groups is 2. The number of hydrogen-bond acceptors (Lipinski definition) is 9. The molecule has 3 aromatic rings. The van der Waals surface area contributed by atoms with Gasteiger partial charge < -0.3 is 39.5 Å². The highest BCUT2D eigenvalue weighted by Gasteiger charge is 2.38. The number of nitrogens with zero attached hydrogens (tertiary/aromatic N) is 5. The minimum atomic E-state index is -0.717. The molecule has 2 fully saturated rings. The molecule has 3 aliphatic rings. The molecule has 0 saturated carbocycles. The zero-order chi connectivity index (χ0) is 32.4. The van der Waals surface area contributed by atoms with Gasteiger partial charge in [0.15, 0.2) is 0 Å². The fraction of sp³-hybridized carbons (Fsp3) is 0.455. The summed E-state index contributed by atoms with van der Waals surface area (Å²) in [6.07, 6.45) is 0. The van der Waals surface area contributed by atoms with Crippen LogP contribution in [0.2, 0.25) is 0 Å². The topological polar surface area (TPSA) is 121 Å². The Morgan fingerprint density at radius 2 is 1.76 bits per heavy atom. The van der Waals surface area contributed by atoms with Gasteiger partial charge in [0.25, 0.3) is 5.91 Å². The van der Waals surface area contributed by atoms with Gasteiger partial charge in [0, 0.05) is 43.1 Å². The first-order valence-electron chi connectivity index (χ1n) is 15.7. The highest BCUT2D eigenvalue weighted by atomic mass is 19.1. The number of amides is 3. The van der Waals surface area contributed by atoms with Crippen LogP contribution in [-0.4, -0.2) is 97.6 Å². The van der Waals surface area contributed by atoms with Gasteiger partial charge in [-0.25, -0.2) is 14.2 Å². The lowest BCUT2D eigenvalue weighted by molar-refractivity contribution is 0.0541. The van der Waals surface area contributed by atoms with E-state index in [0.29, 0.717) is 63.3 Å². The maximum atomic E-state index is 15.6. The van der Waals surface area contributed by atoms with Crippen LogP contribution < -0.4 is 25.2 Å². The Morgan fingerprint density at radius 3 is 2.46 bits per heavy atom. The van der Waals surface area contributed by atoms with E-state index in [9.17, 15) is 9.59 Å². The standard InChI is InChI=1S/C33H40FN7O5/c1-5-39-20-33(3,4)46-29-27(30(39)42)28(37-31(38-29)41-14-17-45-19-21(41)2)22-6-11-26(25(34)18-22)36-32(43)35-23-7-9-24(10-8-23)40-12-15-44-16-13-40/h6-11,18,21H,5,12-17,19-20H2,1-4H3,(H2,35,36,43). The number of aromatic nitrogens is 2. The molecule has 244 valence electrons. The number of anilines is 4. The number of morpholine rings is 2. The fourth-order valence-electron chi connectivity index (χ4n) is 5.92. The summed E-state index contributed by atoms with van der Waals surface area (Å²) in [7, 11) is 0. The average molecular weight is 634 g/mol. The molecular formula is C33H40FN7O5. The van der Waals surface area contributed by atoms with E-state index in [-0.39, 0.29) is 34.8 Å². The summed E-state index contributed by atoms with van der Waals surface area (Å²) in [6.45, 7) is 13.1. The van der Waals surface area contributed by atoms with Gasteiger partial charge >= 0.3 is 6.03 Å². The molecule has 1 atom stereocenters. The van der Waals surface area contributed by atoms with E-state index in [1.807, 2.05) is 44.7 Å². The first-order valence-corrected chi connectivity index (χ1v) is 15.7. The summed E-state index contributed by atoms with van der Waals surface area (Å²) in [5.41, 5.74) is 1.67. The largest absolute Gasteiger partial charge is 0.469 e. The number of urea groups is 1. The lowest BCUT2D eigenvalue weighted by Crippen LogP contribution is -2.44. The van der Waals surface area contributed by atoms with Crippen molar-refractivity contribution in [2.45, 2.75) is 39.3 Å². The molecule has 12 nitrogen and oxygen atoms in total. The number of nitrogens with one attached hydrogen (secondary N) is 2. The van der Waals surface area contributed by atoms with Crippen LogP contribution in [0.15, 0.2) is 42.5 Å². The van der Waals surface area contributed by atoms with Gasteiger partial charge in [0.2, 0.25) is 11.8 Å². The Labute approximate surface area is 267 Å². The highest BCUT2D eigenvalue weighted by Crippen LogP contribution is 2.37. The molecule has 0 spiro atoms. The monoisotopic (exact) mass is 633 g/mol. The maximum Gasteiger partial charge on any atom is 0.323 e. The van der Waals surface area contributed by atoms with Crippen LogP contribution in [0.5, 0.6) is 5.88 Å². The van der Waals surface area contributed by atoms with Crippen molar-refractivity contribution in [1.29, 1.82) is 0 Å². The summed E-state index contributed by atoms with van der Waals surface area (Å²) in [5.74, 6) is -0.439. The normalized spacial score (nSPS) is 19.6. The van der Waals surface area contributed by atoms with E-state index < -0.39 is 17.4 Å². The fourth-order valence-corrected chi connectivity index (χ4v) is 5.92. The van der Waals surface area contributed by atoms with Crippen molar-refractivity contribution >= 4 is 34.9 Å². The van der Waals surface area contributed by atoms with E-state index >= 15 is 4.39 Å². The van der Waals surface area contributed by atoms with Gasteiger partial charge in [-0.3, -0.25) is 4.79 Å². The zero-order valence-electron chi connectivity index (χ0n) is 26.6. The molecule has 13 heteroatoms. The number of halogens is 1. The van der Waals surface area contributed by atoms with Crippen molar-refractivity contribution < 1.29 is 28.2 Å². The van der Waals surface area contributed by atoms with Crippen molar-refractivity contribution in [1.82, 2.24) is 14.9 Å². The van der Waals surface area contributed by atoms with Crippen molar-refractivity contribution in [2.24, 2.45) is 0 Å². The van der Waals surface area contributed by atoms with E-state index in [1.165, 1.54) is 12.1 Å². The van der Waals surface area contributed by atoms with Crippen molar-refractivity contribution in [3.63, 3.8) is 0 Å². The average Bonchev–Trinajstić information content (AvgIpc) is 3.14. The van der Waals surface area contributed by atoms with Crippen LogP contribution in [0, 0.1) is 5.82 Å². The van der Waals surface area contributed by atoms with Crippen molar-refractivity contribution in [2.75, 3.05) is 79.6 Å². The predicted octanol–water partition coefficient (Wildman–Crippen LogP) is 4.62. The van der Waals surface area contributed by atoms with Crippen LogP contribution in [0.25, 0.3) is 11.3 Å². The number of carbonyl (C=O) groups excluding carboxylic acids is 2. The van der Waals surface area contributed by atoms with Gasteiger partial charge in [-0.05, 0) is 64.1 Å². The van der Waals surface area contributed by atoms with Crippen LogP contribution in [0.3, 0.4) is 0 Å². The highest BCUT2D eigenvalue weighted by molar-refractivity contribution is 6.03. The Morgan fingerprint density at radius 1 is 1.02 bits per heavy atom. The van der Waals surface area contributed by atoms with Gasteiger partial charge in [-0.1, -0.05) is 6.07 Å². The second-order valence-corrected chi connectivity index (χ2v) is 12.3. The first-order chi connectivity index (χ1) is 22.1. The van der Waals surface area contributed by atoms with Crippen molar-refractivity contribution in [3.8, 4) is 17.1 Å². The third-order valence-corrected chi connectivity index (χ3v) is 8.31. The molecular weight excluding hydrogens is 593 g/mol. The van der Waals surface area contributed by atoms with E-state index in [4.69, 9.17) is 24.2 Å². The molecule has 2 N–H and O–H groups in total. The number of hydrogen-bond donors (Lipinski definition) is 2. The van der Waals surface area contributed by atoms with Crippen LogP contribution in [0.1, 0.15) is 38.1 Å². The zero-order valence-corrected chi connectivity index (χ0v) is 26.6. The molecule has 1 unspecified atom stereocenters. The number of ether oxygens (including phenoxy) is 3. The number of benzene rings is 2. The molecule has 2 saturated heterocycles. The van der Waals surface area contributed by atoms with Crippen molar-refractivity contribution in [3.05, 3.63) is 53.8 Å². The lowest BCUT2D eigenvalue weighted by atomic mass is 10.0. The van der Waals surface area contributed by atoms with E-state index in [0.717, 1.165) is 18.8 Å². The van der Waals surface area contributed by atoms with E-state index in [2.05, 4.69) is 15.5 Å². The second kappa shape index (κ2) is 13.1. The third kappa shape index (κ3) is 6.70. The smallest absolute Gasteiger partial charge is 0.323 e. The summed E-state index contributed by atoms with van der Waals surface area (Å²) in [5, 5.41) is 5.34. The summed E-state index contributed by atoms with van der Waals surface area (Å²) in [4.78, 5) is 42.1. The summed E-state index contributed by atoms with van der Waals surface area (Å²) in [6, 6.07) is 11.2. The molecule has 0 bridgehead atoms. The predicted molar refractivity (Wildman–Crippen MR) is 173 cm³/mol.